The van der Waals surface area contributed by atoms with Crippen LogP contribution in [0.1, 0.15) is 98.8 Å². The molecule has 5 rings (SSSR count). The van der Waals surface area contributed by atoms with E-state index in [1.807, 2.05) is 6.08 Å². The monoisotopic (exact) mass is 540 g/mol. The number of amides is 1. The van der Waals surface area contributed by atoms with E-state index in [-0.39, 0.29) is 22.3 Å². The Balaban J connectivity index is 1.23. The van der Waals surface area contributed by atoms with Crippen LogP contribution in [0, 0.1) is 39.9 Å². The third-order valence-electron chi connectivity index (χ3n) is 12.2. The van der Waals surface area contributed by atoms with Gasteiger partial charge in [0.05, 0.1) is 5.71 Å². The normalized spacial score (nSPS) is 39.4. The quantitative estimate of drug-likeness (QED) is 0.246. The van der Waals surface area contributed by atoms with Crippen molar-refractivity contribution in [3.63, 3.8) is 0 Å². The lowest BCUT2D eigenvalue weighted by molar-refractivity contribution is -0.117. The van der Waals surface area contributed by atoms with Crippen LogP contribution in [0.3, 0.4) is 0 Å². The van der Waals surface area contributed by atoms with Crippen molar-refractivity contribution in [2.75, 3.05) is 26.2 Å². The summed E-state index contributed by atoms with van der Waals surface area (Å²) in [6.07, 6.45) is 12.4. The van der Waals surface area contributed by atoms with Gasteiger partial charge in [0.15, 0.2) is 5.78 Å². The minimum absolute atomic E-state index is 0.194. The minimum Gasteiger partial charge on any atom is -0.329 e. The third-order valence-corrected chi connectivity index (χ3v) is 12.2. The molecule has 0 aromatic carbocycles. The van der Waals surface area contributed by atoms with Gasteiger partial charge in [0, 0.05) is 38.0 Å². The molecule has 1 aliphatic heterocycles. The molecule has 4 fully saturated rings. The van der Waals surface area contributed by atoms with Gasteiger partial charge in [-0.25, -0.2) is 4.79 Å². The van der Waals surface area contributed by atoms with E-state index in [1.165, 1.54) is 31.3 Å². The molecule has 1 heterocycles. The van der Waals surface area contributed by atoms with E-state index < -0.39 is 0 Å². The first-order valence-electron chi connectivity index (χ1n) is 15.7. The average Bonchev–Trinajstić information content (AvgIpc) is 3.43. The van der Waals surface area contributed by atoms with Crippen LogP contribution in [0.5, 0.6) is 0 Å². The number of carbonyl (C=O) groups excluding carboxylic acids is 2. The van der Waals surface area contributed by atoms with E-state index in [1.54, 1.807) is 4.90 Å². The number of ketones is 1. The van der Waals surface area contributed by atoms with Gasteiger partial charge in [0.1, 0.15) is 0 Å². The fraction of sp³-hybridized carbons (Fsp3) is 0.844. The number of carbonyl (C=O) groups is 2. The maximum atomic E-state index is 13.1. The molecule has 0 aromatic heterocycles. The number of hydrogen-bond acceptors (Lipinski definition) is 6. The molecule has 0 bridgehead atoms. The van der Waals surface area contributed by atoms with Crippen LogP contribution in [-0.2, 0) is 9.63 Å². The molecule has 7 heteroatoms. The first kappa shape index (κ1) is 28.8. The molecule has 7 nitrogen and oxygen atoms in total. The molecule has 0 spiro atoms. The molecule has 7 atom stereocenters. The van der Waals surface area contributed by atoms with Crippen molar-refractivity contribution in [3.8, 4) is 0 Å². The standard InChI is InChI=1S/C32H52N4O3/c1-21(35-39-29(38)36(19-16-33)18-12-28-30(2,3)15-17-34-28)25-8-9-26-24-7-6-22-20-23(37)10-13-31(22,4)27(24)11-14-32(25,26)5/h20,24-28,34H,6-19,33H2,1-5H3/b35-21+/t24-,25+,26-,27-,28?,31-,32+/m0/s1. The van der Waals surface area contributed by atoms with Crippen molar-refractivity contribution in [3.05, 3.63) is 11.6 Å². The highest BCUT2D eigenvalue weighted by Gasteiger charge is 2.59. The van der Waals surface area contributed by atoms with Crippen molar-refractivity contribution in [2.24, 2.45) is 50.8 Å². The molecule has 4 aliphatic carbocycles. The Labute approximate surface area is 235 Å². The Hall–Kier alpha value is -1.73. The number of nitrogens with two attached hydrogens (primary N) is 1. The summed E-state index contributed by atoms with van der Waals surface area (Å²) >= 11 is 0. The molecule has 5 aliphatic rings. The van der Waals surface area contributed by atoms with Crippen LogP contribution >= 0.6 is 0 Å². The van der Waals surface area contributed by atoms with E-state index in [0.717, 1.165) is 44.4 Å². The summed E-state index contributed by atoms with van der Waals surface area (Å²) in [4.78, 5) is 32.5. The van der Waals surface area contributed by atoms with E-state index in [0.29, 0.717) is 61.6 Å². The number of fused-ring (bicyclic) bond motifs is 5. The van der Waals surface area contributed by atoms with E-state index in [9.17, 15) is 9.59 Å². The van der Waals surface area contributed by atoms with Crippen LogP contribution in [0.4, 0.5) is 4.79 Å². The smallest absolute Gasteiger partial charge is 0.329 e. The fourth-order valence-corrected chi connectivity index (χ4v) is 9.73. The van der Waals surface area contributed by atoms with Gasteiger partial charge in [-0.2, -0.15) is 0 Å². The zero-order chi connectivity index (χ0) is 28.0. The number of rotatable bonds is 7. The van der Waals surface area contributed by atoms with Gasteiger partial charge in [0.25, 0.3) is 0 Å². The van der Waals surface area contributed by atoms with E-state index in [4.69, 9.17) is 10.6 Å². The zero-order valence-electron chi connectivity index (χ0n) is 25.1. The number of hydrogen-bond donors (Lipinski definition) is 2. The first-order valence-corrected chi connectivity index (χ1v) is 15.7. The molecule has 1 unspecified atom stereocenters. The Morgan fingerprint density at radius 3 is 2.59 bits per heavy atom. The summed E-state index contributed by atoms with van der Waals surface area (Å²) in [5.74, 6) is 2.75. The Morgan fingerprint density at radius 2 is 1.87 bits per heavy atom. The highest BCUT2D eigenvalue weighted by Crippen LogP contribution is 2.66. The van der Waals surface area contributed by atoms with Gasteiger partial charge < -0.3 is 16.0 Å². The highest BCUT2D eigenvalue weighted by atomic mass is 16.7. The van der Waals surface area contributed by atoms with Crippen LogP contribution in [-0.4, -0.2) is 54.7 Å². The van der Waals surface area contributed by atoms with Crippen LogP contribution in [0.25, 0.3) is 0 Å². The molecule has 3 saturated carbocycles. The van der Waals surface area contributed by atoms with E-state index in [2.05, 4.69) is 45.1 Å². The third kappa shape index (κ3) is 5.23. The summed E-state index contributed by atoms with van der Waals surface area (Å²) in [6.45, 7) is 14.1. The Morgan fingerprint density at radius 1 is 1.08 bits per heavy atom. The molecule has 1 saturated heterocycles. The molecular formula is C32H52N4O3. The summed E-state index contributed by atoms with van der Waals surface area (Å²) < 4.78 is 0. The van der Waals surface area contributed by atoms with Gasteiger partial charge >= 0.3 is 6.09 Å². The van der Waals surface area contributed by atoms with Crippen LogP contribution < -0.4 is 11.1 Å². The van der Waals surface area contributed by atoms with Crippen LogP contribution in [0.2, 0.25) is 0 Å². The minimum atomic E-state index is -0.384. The molecule has 3 N–H and O–H groups in total. The van der Waals surface area contributed by atoms with Crippen molar-refractivity contribution in [1.29, 1.82) is 0 Å². The Bertz CT molecular complexity index is 1020. The topological polar surface area (TPSA) is 97.0 Å². The van der Waals surface area contributed by atoms with Crippen molar-refractivity contribution in [1.82, 2.24) is 10.2 Å². The number of oxime groups is 1. The summed E-state index contributed by atoms with van der Waals surface area (Å²) in [5, 5.41) is 8.05. The predicted octanol–water partition coefficient (Wildman–Crippen LogP) is 5.69. The highest BCUT2D eigenvalue weighted by molar-refractivity contribution is 5.91. The van der Waals surface area contributed by atoms with Gasteiger partial charge in [-0.3, -0.25) is 9.63 Å². The number of nitrogens with zero attached hydrogens (tertiary/aromatic N) is 2. The Kier molecular flexibility index (Phi) is 8.06. The summed E-state index contributed by atoms with van der Waals surface area (Å²) in [6, 6.07) is 0.393. The fourth-order valence-electron chi connectivity index (χ4n) is 9.73. The number of allylic oxidation sites excluding steroid dienone is 1. The molecule has 0 radical (unpaired) electrons. The largest absolute Gasteiger partial charge is 0.436 e. The second-order valence-corrected chi connectivity index (χ2v) is 14.5. The summed E-state index contributed by atoms with van der Waals surface area (Å²) in [5.41, 5.74) is 8.86. The van der Waals surface area contributed by atoms with Crippen molar-refractivity contribution < 1.29 is 14.4 Å². The average molecular weight is 541 g/mol. The molecule has 1 amide bonds. The van der Waals surface area contributed by atoms with Gasteiger partial charge in [-0.05, 0) is 111 Å². The van der Waals surface area contributed by atoms with Gasteiger partial charge in [-0.1, -0.05) is 38.4 Å². The van der Waals surface area contributed by atoms with Crippen LogP contribution in [0.15, 0.2) is 16.8 Å². The molecule has 39 heavy (non-hydrogen) atoms. The second-order valence-electron chi connectivity index (χ2n) is 14.5. The van der Waals surface area contributed by atoms with Gasteiger partial charge in [-0.15, -0.1) is 0 Å². The lowest BCUT2D eigenvalue weighted by Gasteiger charge is -2.58. The maximum Gasteiger partial charge on any atom is 0.436 e. The summed E-state index contributed by atoms with van der Waals surface area (Å²) in [7, 11) is 0. The number of nitrogens with one attached hydrogen (secondary N) is 1. The second kappa shape index (κ2) is 10.9. The predicted molar refractivity (Wildman–Crippen MR) is 155 cm³/mol. The lowest BCUT2D eigenvalue weighted by atomic mass is 9.46. The lowest BCUT2D eigenvalue weighted by Crippen LogP contribution is -2.51. The maximum absolute atomic E-state index is 13.1. The molecule has 0 aromatic rings. The van der Waals surface area contributed by atoms with Crippen molar-refractivity contribution in [2.45, 2.75) is 105 Å². The molecular weight excluding hydrogens is 488 g/mol. The van der Waals surface area contributed by atoms with Crippen molar-refractivity contribution >= 4 is 17.6 Å². The van der Waals surface area contributed by atoms with E-state index >= 15 is 0 Å². The molecule has 218 valence electrons. The SMILES string of the molecule is C/C(=N\OC(=O)N(CCN)CCC1NCCC1(C)C)[C@H]1CC[C@H]2[C@@H]3CCC4=CC(=O)CC[C@]4(C)[C@H]3CC[C@]12C. The zero-order valence-corrected chi connectivity index (χ0v) is 25.1. The first-order chi connectivity index (χ1) is 18.5. The van der Waals surface area contributed by atoms with Gasteiger partial charge in [0.2, 0.25) is 0 Å².